The third kappa shape index (κ3) is 13.2. The fourth-order valence-corrected chi connectivity index (χ4v) is 11.3. The molecule has 3 N–H and O–H groups in total. The van der Waals surface area contributed by atoms with Crippen molar-refractivity contribution in [1.82, 2.24) is 30.1 Å². The van der Waals surface area contributed by atoms with Gasteiger partial charge < -0.3 is 29.4 Å². The highest BCUT2D eigenvalue weighted by molar-refractivity contribution is 5.96. The molecule has 384 valence electrons. The molecule has 7 rings (SSSR count). The molecule has 2 aliphatic heterocycles. The Balaban J connectivity index is 1.19. The van der Waals surface area contributed by atoms with E-state index in [9.17, 15) is 24.3 Å². The number of aromatic hydroxyl groups is 1. The number of ether oxygens (including phenoxy) is 2. The number of carbonyl (C=O) groups is 4. The Morgan fingerprint density at radius 3 is 2.48 bits per heavy atom. The van der Waals surface area contributed by atoms with Crippen LogP contribution in [0.15, 0.2) is 72.8 Å². The molecule has 0 spiro atoms. The van der Waals surface area contributed by atoms with Crippen molar-refractivity contribution in [1.29, 1.82) is 0 Å². The first-order chi connectivity index (χ1) is 34.0. The summed E-state index contributed by atoms with van der Waals surface area (Å²) in [7, 11) is 7.70. The Bertz CT molecular complexity index is 2540. The van der Waals surface area contributed by atoms with Crippen molar-refractivity contribution in [2.24, 2.45) is 29.1 Å². The van der Waals surface area contributed by atoms with Gasteiger partial charge in [-0.05, 0) is 156 Å². The minimum absolute atomic E-state index is 0.0107. The Hall–Kier alpha value is -5.34. The maximum absolute atomic E-state index is 14.8. The third-order valence-corrected chi connectivity index (χ3v) is 14.9. The van der Waals surface area contributed by atoms with Crippen LogP contribution in [0.1, 0.15) is 89.8 Å². The number of aryl methyl sites for hydroxylation is 1. The number of hydrogen-bond acceptors (Lipinski definition) is 10. The fourth-order valence-electron chi connectivity index (χ4n) is 11.3. The van der Waals surface area contributed by atoms with Gasteiger partial charge in [-0.1, -0.05) is 70.2 Å². The number of nitrogens with zero attached hydrogens (tertiary/aromatic N) is 4. The highest BCUT2D eigenvalue weighted by atomic mass is 16.5. The predicted octanol–water partition coefficient (Wildman–Crippen LogP) is 8.24. The van der Waals surface area contributed by atoms with Gasteiger partial charge in [0.1, 0.15) is 11.8 Å². The lowest BCUT2D eigenvalue weighted by Crippen LogP contribution is -2.58. The number of likely N-dealkylation sites (N-methyl/N-ethyl adjacent to an activating group) is 2. The van der Waals surface area contributed by atoms with Crippen molar-refractivity contribution in [2.45, 2.75) is 111 Å². The number of hydrazine groups is 1. The maximum atomic E-state index is 14.8. The van der Waals surface area contributed by atoms with Gasteiger partial charge in [0.15, 0.2) is 5.78 Å². The number of aromatic nitrogens is 1. The van der Waals surface area contributed by atoms with Crippen molar-refractivity contribution < 1.29 is 33.8 Å². The molecule has 1 aliphatic carbocycles. The van der Waals surface area contributed by atoms with Crippen molar-refractivity contribution in [3.63, 3.8) is 0 Å². The van der Waals surface area contributed by atoms with Gasteiger partial charge in [0, 0.05) is 67.6 Å². The first-order valence-electron chi connectivity index (χ1n) is 26.1. The quantitative estimate of drug-likeness (QED) is 0.0742. The number of phenols is 1. The number of nitrogens with one attached hydrogen (secondary N) is 2. The van der Waals surface area contributed by atoms with Crippen LogP contribution in [0, 0.1) is 29.1 Å². The number of phenolic OH excluding ortho intramolecular Hbond substituents is 1. The summed E-state index contributed by atoms with van der Waals surface area (Å²) in [5, 5.41) is 17.2. The van der Waals surface area contributed by atoms with Gasteiger partial charge in [-0.3, -0.25) is 29.1 Å². The van der Waals surface area contributed by atoms with E-state index in [-0.39, 0.29) is 54.8 Å². The summed E-state index contributed by atoms with van der Waals surface area (Å²) >= 11 is 0. The van der Waals surface area contributed by atoms with Gasteiger partial charge in [0.25, 0.3) is 0 Å². The number of cyclic esters (lactones) is 1. The maximum Gasteiger partial charge on any atom is 0.324 e. The van der Waals surface area contributed by atoms with Gasteiger partial charge in [-0.15, -0.1) is 0 Å². The summed E-state index contributed by atoms with van der Waals surface area (Å²) in [5.41, 5.74) is 11.0. The summed E-state index contributed by atoms with van der Waals surface area (Å²) in [4.78, 5) is 60.2. The molecule has 1 saturated carbocycles. The van der Waals surface area contributed by atoms with Crippen LogP contribution >= 0.6 is 0 Å². The molecular formula is C58H80N6O7. The smallest absolute Gasteiger partial charge is 0.324 e. The molecule has 13 nitrogen and oxygen atoms in total. The van der Waals surface area contributed by atoms with E-state index in [1.165, 1.54) is 10.6 Å². The molecule has 4 aromatic rings. The number of hydrogen-bond donors (Lipinski definition) is 3. The molecule has 2 amide bonds. The van der Waals surface area contributed by atoms with Crippen molar-refractivity contribution >= 4 is 34.5 Å². The molecule has 1 saturated heterocycles. The second kappa shape index (κ2) is 23.9. The molecule has 1 aromatic heterocycles. The number of esters is 1. The number of rotatable bonds is 16. The predicted molar refractivity (Wildman–Crippen MR) is 282 cm³/mol. The standard InChI is InChI=1S/C58H80N6O7/c1-10-63-51-24-23-43-33-48(51)49(54(63)47-16-12-11-15-41(47)25-28-70-9)34-58(4,5)37-71-57(69)50-17-13-27-64(60-50)56(68)45(30-40-29-44(43)32-46(65)31-40)35-59-55(67)53(38(2)3)62(8)36-39-19-21-42(22-20-39)52(66)18-14-26-61(6)7/h11-12,14-16,18,23-24,29,31-33,38-39,42,45,50,53,60,65H,10,13,17,19-22,25-28,30,34-37H2,1-9H3,(H,59,67)/b18-14+/t39?,42?,45-,50+,53+/m1/s1. The number of carbonyl (C=O) groups excluding carboxylic acids is 4. The van der Waals surface area contributed by atoms with Crippen LogP contribution in [0.3, 0.4) is 0 Å². The van der Waals surface area contributed by atoms with Gasteiger partial charge in [0.05, 0.1) is 30.9 Å². The van der Waals surface area contributed by atoms with E-state index in [2.05, 4.69) is 83.4 Å². The molecule has 0 radical (unpaired) electrons. The fraction of sp³-hybridized carbons (Fsp3) is 0.552. The van der Waals surface area contributed by atoms with Crippen molar-refractivity contribution in [2.75, 3.05) is 67.6 Å². The molecule has 71 heavy (non-hydrogen) atoms. The van der Waals surface area contributed by atoms with Gasteiger partial charge in [-0.2, -0.15) is 0 Å². The third-order valence-electron chi connectivity index (χ3n) is 14.9. The molecule has 3 aliphatic rings. The zero-order valence-corrected chi connectivity index (χ0v) is 43.9. The molecule has 3 atom stereocenters. The van der Waals surface area contributed by atoms with Gasteiger partial charge in [-0.25, -0.2) is 5.43 Å². The topological polar surface area (TPSA) is 146 Å². The Kier molecular flexibility index (Phi) is 18.0. The lowest BCUT2D eigenvalue weighted by molar-refractivity contribution is -0.155. The lowest BCUT2D eigenvalue weighted by Gasteiger charge is -2.36. The number of amides is 2. The number of ketones is 1. The Morgan fingerprint density at radius 2 is 1.76 bits per heavy atom. The molecule has 13 heteroatoms. The molecule has 6 bridgehead atoms. The van der Waals surface area contributed by atoms with Crippen LogP contribution in [0.2, 0.25) is 0 Å². The van der Waals surface area contributed by atoms with Crippen molar-refractivity contribution in [3.05, 3.63) is 89.5 Å². The normalized spacial score (nSPS) is 21.5. The Labute approximate surface area is 422 Å². The largest absolute Gasteiger partial charge is 0.508 e. The van der Waals surface area contributed by atoms with Crippen LogP contribution in [0.5, 0.6) is 5.75 Å². The summed E-state index contributed by atoms with van der Waals surface area (Å²) in [6.07, 6.45) is 9.95. The minimum Gasteiger partial charge on any atom is -0.508 e. The van der Waals surface area contributed by atoms with Crippen LogP contribution in [-0.2, 0) is 54.5 Å². The average molecular weight is 973 g/mol. The first kappa shape index (κ1) is 53.5. The zero-order chi connectivity index (χ0) is 51.0. The highest BCUT2D eigenvalue weighted by Gasteiger charge is 2.37. The Morgan fingerprint density at radius 1 is 1.00 bits per heavy atom. The number of benzene rings is 3. The summed E-state index contributed by atoms with van der Waals surface area (Å²) in [5.74, 6) is -0.823. The second-order valence-electron chi connectivity index (χ2n) is 21.9. The number of allylic oxidation sites excluding steroid dienone is 1. The van der Waals surface area contributed by atoms with E-state index >= 15 is 0 Å². The summed E-state index contributed by atoms with van der Waals surface area (Å²) in [6.45, 7) is 13.9. The number of fused-ring (bicyclic) bond motifs is 6. The van der Waals surface area contributed by atoms with E-state index in [1.807, 2.05) is 52.0 Å². The summed E-state index contributed by atoms with van der Waals surface area (Å²) in [6, 6.07) is 19.4. The monoisotopic (exact) mass is 973 g/mol. The zero-order valence-electron chi connectivity index (χ0n) is 43.9. The van der Waals surface area contributed by atoms with Gasteiger partial charge in [0.2, 0.25) is 11.8 Å². The van der Waals surface area contributed by atoms with E-state index in [0.29, 0.717) is 38.3 Å². The van der Waals surface area contributed by atoms with Crippen LogP contribution < -0.4 is 10.7 Å². The average Bonchev–Trinajstić information content (AvgIpc) is 3.64. The van der Waals surface area contributed by atoms with E-state index in [4.69, 9.17) is 9.47 Å². The SMILES string of the molecule is CCn1c(-c2ccccc2CCOC)c2c3cc(ccc31)-c1cc(O)cc(c1)C[C@H](CNC(=O)[C@H](C(C)C)N(C)CC1CCC(C(=O)/C=C/CN(C)C)CC1)C(=O)N1CCC[C@H](N1)C(=O)OCC(C)(C)C2. The lowest BCUT2D eigenvalue weighted by atomic mass is 9.79. The summed E-state index contributed by atoms with van der Waals surface area (Å²) < 4.78 is 14.1. The highest BCUT2D eigenvalue weighted by Crippen LogP contribution is 2.42. The van der Waals surface area contributed by atoms with Crippen LogP contribution in [0.25, 0.3) is 33.3 Å². The molecular weight excluding hydrogens is 893 g/mol. The minimum atomic E-state index is -0.722. The van der Waals surface area contributed by atoms with E-state index in [0.717, 1.165) is 96.2 Å². The van der Waals surface area contributed by atoms with E-state index in [1.54, 1.807) is 25.3 Å². The second-order valence-corrected chi connectivity index (χ2v) is 21.9. The molecule has 2 fully saturated rings. The first-order valence-corrected chi connectivity index (χ1v) is 26.1. The molecule has 3 aromatic carbocycles. The van der Waals surface area contributed by atoms with Crippen LogP contribution in [-0.4, -0.2) is 128 Å². The van der Waals surface area contributed by atoms with Gasteiger partial charge >= 0.3 is 5.97 Å². The van der Waals surface area contributed by atoms with Crippen molar-refractivity contribution in [3.8, 4) is 28.1 Å². The number of methoxy groups -OCH3 is 1. The van der Waals surface area contributed by atoms with E-state index < -0.39 is 29.4 Å². The molecule has 3 heterocycles. The van der Waals surface area contributed by atoms with Crippen LogP contribution in [0.4, 0.5) is 0 Å². The molecule has 0 unspecified atom stereocenters.